The summed E-state index contributed by atoms with van der Waals surface area (Å²) in [5.74, 6) is 1.27. The maximum absolute atomic E-state index is 9.38. The molecular weight excluding hydrogens is 272 g/mol. The summed E-state index contributed by atoms with van der Waals surface area (Å²) in [6.07, 6.45) is -3.24. The molecule has 0 atom stereocenters. The van der Waals surface area contributed by atoms with Crippen molar-refractivity contribution in [2.75, 3.05) is 0 Å². The first kappa shape index (κ1) is 18.8. The molecule has 0 saturated carbocycles. The summed E-state index contributed by atoms with van der Waals surface area (Å²) < 4.78 is 0. The van der Waals surface area contributed by atoms with Crippen LogP contribution in [0.2, 0.25) is 0 Å². The summed E-state index contributed by atoms with van der Waals surface area (Å²) in [7, 11) is 0. The first-order chi connectivity index (χ1) is 9.66. The zero-order valence-electron chi connectivity index (χ0n) is 13.0. The number of azo groups is 1. The average Bonchev–Trinajstić information content (AvgIpc) is 2.36. The zero-order valence-corrected chi connectivity index (χ0v) is 13.0. The molecule has 116 valence electrons. The number of rotatable bonds is 2. The van der Waals surface area contributed by atoms with E-state index in [1.165, 1.54) is 16.7 Å². The third kappa shape index (κ3) is 7.20. The summed E-state index contributed by atoms with van der Waals surface area (Å²) >= 11 is 0. The molecule has 6 heteroatoms. The molecule has 0 spiro atoms. The van der Waals surface area contributed by atoms with Crippen molar-refractivity contribution in [2.45, 2.75) is 46.5 Å². The molecule has 0 radical (unpaired) electrons. The van der Waals surface area contributed by atoms with Gasteiger partial charge < -0.3 is 10.2 Å². The van der Waals surface area contributed by atoms with Crippen molar-refractivity contribution in [3.8, 4) is 0 Å². The normalized spacial score (nSPS) is 10.6. The first-order valence-corrected chi connectivity index (χ1v) is 6.63. The lowest BCUT2D eigenvalue weighted by atomic mass is 9.87. The molecule has 0 unspecified atom stereocenters. The number of carbonyl (C=O) groups is 2. The van der Waals surface area contributed by atoms with Gasteiger partial charge in [-0.05, 0) is 35.4 Å². The molecule has 0 bridgehead atoms. The van der Waals surface area contributed by atoms with Crippen LogP contribution in [0.15, 0.2) is 28.4 Å². The molecule has 0 aliphatic carbocycles. The van der Waals surface area contributed by atoms with Crippen molar-refractivity contribution >= 4 is 12.2 Å². The van der Waals surface area contributed by atoms with Gasteiger partial charge in [-0.1, -0.05) is 56.1 Å². The molecule has 1 aromatic carbocycles. The number of aryl methyl sites for hydroxylation is 1. The Hall–Kier alpha value is -2.24. The van der Waals surface area contributed by atoms with Gasteiger partial charge in [-0.3, -0.25) is 0 Å². The molecule has 0 heterocycles. The summed E-state index contributed by atoms with van der Waals surface area (Å²) in [5, 5.41) is 19.8. The Morgan fingerprint density at radius 3 is 1.71 bits per heavy atom. The largest absolute Gasteiger partial charge is 0.462 e. The summed E-state index contributed by atoms with van der Waals surface area (Å²) in [5.41, 5.74) is 4.48. The molecule has 0 saturated heterocycles. The van der Waals surface area contributed by atoms with E-state index >= 15 is 0 Å². The van der Waals surface area contributed by atoms with E-state index in [-0.39, 0.29) is 0 Å². The van der Waals surface area contributed by atoms with E-state index in [1.807, 2.05) is 0 Å². The number of hydrogen-bond donors (Lipinski definition) is 2. The van der Waals surface area contributed by atoms with Crippen molar-refractivity contribution in [1.29, 1.82) is 0 Å². The lowest BCUT2D eigenvalue weighted by molar-refractivity contribution is 0.194. The SMILES string of the molecule is Cc1cccc(C(C)C)c1C(C)C.O=C(O)N=NC(=O)O. The lowest BCUT2D eigenvalue weighted by Gasteiger charge is -2.18. The smallest absolute Gasteiger partial charge is 0.450 e. The Labute approximate surface area is 124 Å². The van der Waals surface area contributed by atoms with E-state index in [0.717, 1.165) is 0 Å². The van der Waals surface area contributed by atoms with E-state index in [4.69, 9.17) is 10.2 Å². The lowest BCUT2D eigenvalue weighted by Crippen LogP contribution is -2.00. The molecule has 2 N–H and O–H groups in total. The molecule has 2 amide bonds. The van der Waals surface area contributed by atoms with Gasteiger partial charge in [0.1, 0.15) is 0 Å². The van der Waals surface area contributed by atoms with Crippen molar-refractivity contribution in [3.05, 3.63) is 34.9 Å². The van der Waals surface area contributed by atoms with Crippen LogP contribution in [-0.2, 0) is 0 Å². The minimum Gasteiger partial charge on any atom is -0.462 e. The number of carboxylic acid groups (broad SMARTS) is 2. The van der Waals surface area contributed by atoms with Gasteiger partial charge in [0.05, 0.1) is 0 Å². The van der Waals surface area contributed by atoms with E-state index in [2.05, 4.69) is 63.0 Å². The maximum Gasteiger partial charge on any atom is 0.450 e. The average molecular weight is 294 g/mol. The molecule has 0 aromatic heterocycles. The standard InChI is InChI=1S/C13H20.C2H2N2O4/c1-9(2)12-8-6-7-11(5)13(12)10(3)4;5-1(6)3-4-2(7)8/h6-10H,1-5H3;(H,5,6)(H,7,8). The Kier molecular flexibility index (Phi) is 7.89. The van der Waals surface area contributed by atoms with E-state index in [9.17, 15) is 9.59 Å². The van der Waals surface area contributed by atoms with Gasteiger partial charge in [0.25, 0.3) is 0 Å². The van der Waals surface area contributed by atoms with Gasteiger partial charge in [-0.2, -0.15) is 0 Å². The van der Waals surface area contributed by atoms with Crippen LogP contribution >= 0.6 is 0 Å². The van der Waals surface area contributed by atoms with Gasteiger partial charge in [0, 0.05) is 0 Å². The minimum atomic E-state index is -1.62. The Balaban J connectivity index is 0.000000433. The highest BCUT2D eigenvalue weighted by molar-refractivity contribution is 5.70. The summed E-state index contributed by atoms with van der Waals surface area (Å²) in [4.78, 5) is 18.8. The first-order valence-electron chi connectivity index (χ1n) is 6.63. The second-order valence-corrected chi connectivity index (χ2v) is 5.15. The van der Waals surface area contributed by atoms with Crippen LogP contribution in [0.4, 0.5) is 9.59 Å². The monoisotopic (exact) mass is 294 g/mol. The minimum absolute atomic E-state index is 0.636. The van der Waals surface area contributed by atoms with Crippen LogP contribution in [0.25, 0.3) is 0 Å². The predicted molar refractivity (Wildman–Crippen MR) is 80.3 cm³/mol. The zero-order chi connectivity index (χ0) is 16.6. The molecule has 1 aromatic rings. The Bertz CT molecular complexity index is 506. The Morgan fingerprint density at radius 2 is 1.43 bits per heavy atom. The number of benzene rings is 1. The van der Waals surface area contributed by atoms with Crippen molar-refractivity contribution in [2.24, 2.45) is 10.2 Å². The maximum atomic E-state index is 9.38. The van der Waals surface area contributed by atoms with Crippen molar-refractivity contribution in [3.63, 3.8) is 0 Å². The fraction of sp³-hybridized carbons (Fsp3) is 0.467. The molecule has 0 aliphatic heterocycles. The van der Waals surface area contributed by atoms with Crippen LogP contribution < -0.4 is 0 Å². The topological polar surface area (TPSA) is 99.3 Å². The van der Waals surface area contributed by atoms with Crippen LogP contribution in [0.3, 0.4) is 0 Å². The van der Waals surface area contributed by atoms with Crippen molar-refractivity contribution in [1.82, 2.24) is 0 Å². The van der Waals surface area contributed by atoms with Crippen LogP contribution in [-0.4, -0.2) is 22.4 Å². The molecular formula is C15H22N2O4. The summed E-state index contributed by atoms with van der Waals surface area (Å²) in [6.45, 7) is 11.3. The second kappa shape index (κ2) is 8.84. The molecule has 0 fully saturated rings. The fourth-order valence-corrected chi connectivity index (χ4v) is 2.08. The Morgan fingerprint density at radius 1 is 0.952 bits per heavy atom. The number of amides is 2. The van der Waals surface area contributed by atoms with Crippen LogP contribution in [0.1, 0.15) is 56.2 Å². The predicted octanol–water partition coefficient (Wildman–Crippen LogP) is 5.04. The van der Waals surface area contributed by atoms with E-state index < -0.39 is 12.2 Å². The highest BCUT2D eigenvalue weighted by atomic mass is 16.4. The highest BCUT2D eigenvalue weighted by Crippen LogP contribution is 2.28. The van der Waals surface area contributed by atoms with E-state index in [0.29, 0.717) is 11.8 Å². The van der Waals surface area contributed by atoms with Gasteiger partial charge in [-0.25, -0.2) is 9.59 Å². The van der Waals surface area contributed by atoms with Gasteiger partial charge in [0.15, 0.2) is 0 Å². The third-order valence-electron chi connectivity index (χ3n) is 2.78. The number of hydrogen-bond acceptors (Lipinski definition) is 2. The van der Waals surface area contributed by atoms with Crippen molar-refractivity contribution < 1.29 is 19.8 Å². The van der Waals surface area contributed by atoms with Gasteiger partial charge in [0.2, 0.25) is 0 Å². The van der Waals surface area contributed by atoms with Gasteiger partial charge in [-0.15, -0.1) is 0 Å². The number of nitrogens with zero attached hydrogens (tertiary/aromatic N) is 2. The van der Waals surface area contributed by atoms with Crippen LogP contribution in [0.5, 0.6) is 0 Å². The fourth-order valence-electron chi connectivity index (χ4n) is 2.08. The van der Waals surface area contributed by atoms with E-state index in [1.54, 1.807) is 0 Å². The summed E-state index contributed by atoms with van der Waals surface area (Å²) in [6, 6.07) is 6.63. The molecule has 21 heavy (non-hydrogen) atoms. The van der Waals surface area contributed by atoms with Crippen LogP contribution in [0, 0.1) is 6.92 Å². The molecule has 0 aliphatic rings. The second-order valence-electron chi connectivity index (χ2n) is 5.15. The quantitative estimate of drug-likeness (QED) is 0.746. The highest BCUT2D eigenvalue weighted by Gasteiger charge is 2.11. The molecule has 1 rings (SSSR count). The van der Waals surface area contributed by atoms with Gasteiger partial charge >= 0.3 is 12.2 Å². The third-order valence-corrected chi connectivity index (χ3v) is 2.78. The molecule has 6 nitrogen and oxygen atoms in total.